The SMILES string of the molecule is CCCCCCCCCCCCn1nnc(C(C(=O)N(O)c2ncccc2C)c2ccccc2)n1. The van der Waals surface area contributed by atoms with Gasteiger partial charge in [-0.25, -0.2) is 4.98 Å². The summed E-state index contributed by atoms with van der Waals surface area (Å²) in [6.45, 7) is 4.69. The zero-order valence-corrected chi connectivity index (χ0v) is 21.0. The van der Waals surface area contributed by atoms with Gasteiger partial charge in [0, 0.05) is 6.20 Å². The summed E-state index contributed by atoms with van der Waals surface area (Å²) in [5.74, 6) is -1.00. The van der Waals surface area contributed by atoms with Gasteiger partial charge in [0.1, 0.15) is 5.92 Å². The fourth-order valence-electron chi connectivity index (χ4n) is 4.18. The number of anilines is 1. The quantitative estimate of drug-likeness (QED) is 0.167. The van der Waals surface area contributed by atoms with E-state index in [0.717, 1.165) is 12.8 Å². The van der Waals surface area contributed by atoms with Crippen LogP contribution in [0.25, 0.3) is 0 Å². The lowest BCUT2D eigenvalue weighted by molar-refractivity contribution is -0.124. The summed E-state index contributed by atoms with van der Waals surface area (Å²) in [6, 6.07) is 12.8. The zero-order chi connectivity index (χ0) is 24.9. The Bertz CT molecular complexity index is 1020. The zero-order valence-electron chi connectivity index (χ0n) is 21.0. The van der Waals surface area contributed by atoms with Gasteiger partial charge in [0.25, 0.3) is 5.91 Å². The fourth-order valence-corrected chi connectivity index (χ4v) is 4.18. The number of aromatic nitrogens is 5. The van der Waals surface area contributed by atoms with Crippen LogP contribution >= 0.6 is 0 Å². The van der Waals surface area contributed by atoms with Crippen LogP contribution in [0.15, 0.2) is 48.7 Å². The summed E-state index contributed by atoms with van der Waals surface area (Å²) < 4.78 is 0. The monoisotopic (exact) mass is 478 g/mol. The van der Waals surface area contributed by atoms with Crippen molar-refractivity contribution in [3.8, 4) is 0 Å². The van der Waals surface area contributed by atoms with E-state index in [1.54, 1.807) is 23.9 Å². The Morgan fingerprint density at radius 3 is 2.26 bits per heavy atom. The molecule has 0 aliphatic rings. The minimum absolute atomic E-state index is 0.191. The van der Waals surface area contributed by atoms with E-state index in [0.29, 0.717) is 22.7 Å². The largest absolute Gasteiger partial charge is 0.279 e. The van der Waals surface area contributed by atoms with Crippen molar-refractivity contribution in [1.82, 2.24) is 25.2 Å². The smallest absolute Gasteiger partial charge is 0.267 e. The number of hydroxylamine groups is 1. The van der Waals surface area contributed by atoms with Gasteiger partial charge in [0.15, 0.2) is 11.6 Å². The van der Waals surface area contributed by atoms with Gasteiger partial charge in [-0.2, -0.15) is 9.86 Å². The lowest BCUT2D eigenvalue weighted by Gasteiger charge is -2.20. The van der Waals surface area contributed by atoms with Gasteiger partial charge < -0.3 is 0 Å². The lowest BCUT2D eigenvalue weighted by Crippen LogP contribution is -2.34. The molecule has 1 N–H and O–H groups in total. The van der Waals surface area contributed by atoms with E-state index in [-0.39, 0.29) is 11.6 Å². The van der Waals surface area contributed by atoms with Gasteiger partial charge in [0.05, 0.1) is 6.54 Å². The van der Waals surface area contributed by atoms with E-state index in [1.165, 1.54) is 57.6 Å². The number of carbonyl (C=O) groups excluding carboxylic acids is 1. The maximum absolute atomic E-state index is 13.4. The Morgan fingerprint density at radius 1 is 0.943 bits per heavy atom. The highest BCUT2D eigenvalue weighted by molar-refractivity contribution is 5.97. The molecule has 8 heteroatoms. The highest BCUT2D eigenvalue weighted by Gasteiger charge is 2.32. The molecule has 1 atom stereocenters. The third kappa shape index (κ3) is 7.96. The highest BCUT2D eigenvalue weighted by Crippen LogP contribution is 2.26. The molecule has 35 heavy (non-hydrogen) atoms. The number of unbranched alkanes of at least 4 members (excludes halogenated alkanes) is 9. The van der Waals surface area contributed by atoms with E-state index in [2.05, 4.69) is 27.3 Å². The molecule has 3 rings (SSSR count). The van der Waals surface area contributed by atoms with Crippen molar-refractivity contribution in [3.05, 3.63) is 65.6 Å². The van der Waals surface area contributed by atoms with Gasteiger partial charge in [-0.1, -0.05) is 101 Å². The Labute approximate surface area is 208 Å². The molecule has 1 unspecified atom stereocenters. The van der Waals surface area contributed by atoms with E-state index in [9.17, 15) is 10.0 Å². The second kappa shape index (κ2) is 14.3. The van der Waals surface area contributed by atoms with Crippen LogP contribution in [0.4, 0.5) is 5.82 Å². The van der Waals surface area contributed by atoms with Crippen LogP contribution in [-0.4, -0.2) is 36.3 Å². The number of rotatable bonds is 15. The molecule has 0 radical (unpaired) electrons. The van der Waals surface area contributed by atoms with Gasteiger partial charge in [0.2, 0.25) is 0 Å². The molecule has 0 saturated heterocycles. The summed E-state index contributed by atoms with van der Waals surface area (Å²) in [7, 11) is 0. The molecule has 3 aromatic rings. The van der Waals surface area contributed by atoms with Crippen LogP contribution in [-0.2, 0) is 11.3 Å². The third-order valence-corrected chi connectivity index (χ3v) is 6.21. The average Bonchev–Trinajstić information content (AvgIpc) is 3.34. The number of hydrogen-bond donors (Lipinski definition) is 1. The number of aryl methyl sites for hydroxylation is 2. The van der Waals surface area contributed by atoms with Gasteiger partial charge in [-0.3, -0.25) is 10.0 Å². The van der Waals surface area contributed by atoms with Crippen LogP contribution in [0, 0.1) is 6.92 Å². The molecular formula is C27H38N6O2. The number of hydrogen-bond acceptors (Lipinski definition) is 6. The first-order valence-electron chi connectivity index (χ1n) is 12.9. The van der Waals surface area contributed by atoms with Crippen molar-refractivity contribution in [2.75, 3.05) is 5.06 Å². The van der Waals surface area contributed by atoms with E-state index in [1.807, 2.05) is 30.3 Å². The van der Waals surface area contributed by atoms with Crippen LogP contribution in [0.5, 0.6) is 0 Å². The van der Waals surface area contributed by atoms with Gasteiger partial charge in [-0.15, -0.1) is 10.2 Å². The Morgan fingerprint density at radius 2 is 1.60 bits per heavy atom. The average molecular weight is 479 g/mol. The Hall–Kier alpha value is -3.13. The van der Waals surface area contributed by atoms with E-state index < -0.39 is 11.8 Å². The van der Waals surface area contributed by atoms with E-state index in [4.69, 9.17) is 0 Å². The molecule has 0 aliphatic heterocycles. The molecule has 8 nitrogen and oxygen atoms in total. The van der Waals surface area contributed by atoms with Crippen molar-refractivity contribution >= 4 is 11.7 Å². The molecule has 0 fully saturated rings. The molecule has 0 bridgehead atoms. The first-order chi connectivity index (χ1) is 17.1. The van der Waals surface area contributed by atoms with Crippen molar-refractivity contribution in [2.24, 2.45) is 0 Å². The molecule has 1 aromatic carbocycles. The number of nitrogens with zero attached hydrogens (tertiary/aromatic N) is 6. The molecule has 2 aromatic heterocycles. The van der Waals surface area contributed by atoms with Crippen LogP contribution in [0.2, 0.25) is 0 Å². The van der Waals surface area contributed by atoms with Crippen LogP contribution < -0.4 is 5.06 Å². The number of tetrazole rings is 1. The summed E-state index contributed by atoms with van der Waals surface area (Å²) in [5, 5.41) is 24.2. The third-order valence-electron chi connectivity index (χ3n) is 6.21. The Kier molecular flexibility index (Phi) is 10.8. The second-order valence-corrected chi connectivity index (χ2v) is 9.06. The molecule has 2 heterocycles. The number of carbonyl (C=O) groups is 1. The predicted octanol–water partition coefficient (Wildman–Crippen LogP) is 5.85. The Balaban J connectivity index is 1.58. The summed E-state index contributed by atoms with van der Waals surface area (Å²) in [5.41, 5.74) is 1.37. The molecular weight excluding hydrogens is 440 g/mol. The minimum atomic E-state index is -0.885. The fraction of sp³-hybridized carbons (Fsp3) is 0.519. The van der Waals surface area contributed by atoms with Crippen molar-refractivity contribution in [1.29, 1.82) is 0 Å². The van der Waals surface area contributed by atoms with Gasteiger partial charge >= 0.3 is 0 Å². The van der Waals surface area contributed by atoms with Gasteiger partial charge in [-0.05, 0) is 35.8 Å². The predicted molar refractivity (Wildman–Crippen MR) is 136 cm³/mol. The molecule has 1 amide bonds. The second-order valence-electron chi connectivity index (χ2n) is 9.06. The van der Waals surface area contributed by atoms with Crippen molar-refractivity contribution < 1.29 is 10.0 Å². The molecule has 0 saturated carbocycles. The van der Waals surface area contributed by atoms with Crippen molar-refractivity contribution in [2.45, 2.75) is 90.5 Å². The summed E-state index contributed by atoms with van der Waals surface area (Å²) >= 11 is 0. The van der Waals surface area contributed by atoms with Crippen LogP contribution in [0.3, 0.4) is 0 Å². The first-order valence-corrected chi connectivity index (χ1v) is 12.9. The normalized spacial score (nSPS) is 12.0. The first kappa shape index (κ1) is 26.5. The maximum atomic E-state index is 13.4. The minimum Gasteiger partial charge on any atom is -0.279 e. The topological polar surface area (TPSA) is 97.0 Å². The van der Waals surface area contributed by atoms with Crippen molar-refractivity contribution in [3.63, 3.8) is 0 Å². The standard InChI is InChI=1S/C27H38N6O2/c1-3-4-5-6-7-8-9-10-11-15-21-32-30-25(29-31-32)24(23-18-13-12-14-19-23)27(34)33(35)26-22(2)17-16-20-28-26/h12-14,16-20,24,35H,3-11,15,21H2,1-2H3. The van der Waals surface area contributed by atoms with E-state index >= 15 is 0 Å². The molecule has 188 valence electrons. The summed E-state index contributed by atoms with van der Waals surface area (Å²) in [4.78, 5) is 19.1. The maximum Gasteiger partial charge on any atom is 0.267 e. The number of amides is 1. The number of pyridine rings is 1. The van der Waals surface area contributed by atoms with Crippen LogP contribution in [0.1, 0.15) is 94.0 Å². The highest BCUT2D eigenvalue weighted by atomic mass is 16.5. The lowest BCUT2D eigenvalue weighted by atomic mass is 9.97. The number of benzene rings is 1. The summed E-state index contributed by atoms with van der Waals surface area (Å²) in [6.07, 6.45) is 14.1. The molecule has 0 aliphatic carbocycles. The molecule has 0 spiro atoms.